The van der Waals surface area contributed by atoms with Crippen molar-refractivity contribution in [3.8, 4) is 0 Å². The van der Waals surface area contributed by atoms with E-state index in [9.17, 15) is 4.79 Å². The van der Waals surface area contributed by atoms with Crippen LogP contribution in [0, 0.1) is 0 Å². The SMILES string of the molecule is Cn1ccc(NC(=O)Cc2cccc3nccn23)n1. The van der Waals surface area contributed by atoms with Crippen molar-refractivity contribution in [2.24, 2.45) is 7.05 Å². The van der Waals surface area contributed by atoms with E-state index >= 15 is 0 Å². The van der Waals surface area contributed by atoms with Crippen LogP contribution < -0.4 is 5.32 Å². The van der Waals surface area contributed by atoms with E-state index in [1.165, 1.54) is 0 Å². The molecule has 0 fully saturated rings. The van der Waals surface area contributed by atoms with Gasteiger partial charge in [0.05, 0.1) is 6.42 Å². The van der Waals surface area contributed by atoms with Crippen molar-refractivity contribution in [3.05, 3.63) is 48.5 Å². The number of hydrogen-bond donors (Lipinski definition) is 1. The summed E-state index contributed by atoms with van der Waals surface area (Å²) in [4.78, 5) is 16.2. The predicted molar refractivity (Wildman–Crippen MR) is 70.7 cm³/mol. The van der Waals surface area contributed by atoms with Gasteiger partial charge in [-0.2, -0.15) is 5.10 Å². The summed E-state index contributed by atoms with van der Waals surface area (Å²) in [6.45, 7) is 0. The standard InChI is InChI=1S/C13H13N5O/c1-17-7-5-11(16-17)15-13(19)9-10-3-2-4-12-14-6-8-18(10)12/h2-8H,9H2,1H3,(H,15,16,19). The van der Waals surface area contributed by atoms with Crippen molar-refractivity contribution < 1.29 is 4.79 Å². The fourth-order valence-electron chi connectivity index (χ4n) is 1.98. The Morgan fingerprint density at radius 3 is 3.00 bits per heavy atom. The van der Waals surface area contributed by atoms with Crippen LogP contribution in [-0.4, -0.2) is 25.1 Å². The van der Waals surface area contributed by atoms with E-state index in [1.54, 1.807) is 23.1 Å². The Labute approximate surface area is 109 Å². The van der Waals surface area contributed by atoms with Crippen LogP contribution in [0.1, 0.15) is 5.69 Å². The lowest BCUT2D eigenvalue weighted by atomic mass is 10.2. The molecule has 0 spiro atoms. The molecule has 0 bridgehead atoms. The van der Waals surface area contributed by atoms with Gasteiger partial charge in [0.25, 0.3) is 0 Å². The molecule has 0 aromatic carbocycles. The first-order valence-electron chi connectivity index (χ1n) is 5.93. The molecule has 3 aromatic heterocycles. The normalized spacial score (nSPS) is 10.8. The molecule has 0 saturated carbocycles. The van der Waals surface area contributed by atoms with E-state index in [0.29, 0.717) is 5.82 Å². The number of rotatable bonds is 3. The zero-order chi connectivity index (χ0) is 13.2. The average molecular weight is 255 g/mol. The van der Waals surface area contributed by atoms with Crippen LogP contribution in [0.15, 0.2) is 42.9 Å². The van der Waals surface area contributed by atoms with Gasteiger partial charge in [0.1, 0.15) is 5.65 Å². The topological polar surface area (TPSA) is 64.2 Å². The summed E-state index contributed by atoms with van der Waals surface area (Å²) < 4.78 is 3.55. The molecule has 1 N–H and O–H groups in total. The summed E-state index contributed by atoms with van der Waals surface area (Å²) in [5.41, 5.74) is 1.73. The second-order valence-corrected chi connectivity index (χ2v) is 4.27. The lowest BCUT2D eigenvalue weighted by Crippen LogP contribution is -2.16. The fraction of sp³-hybridized carbons (Fsp3) is 0.154. The van der Waals surface area contributed by atoms with Crippen LogP contribution in [0.5, 0.6) is 0 Å². The average Bonchev–Trinajstić information content (AvgIpc) is 2.98. The Hall–Kier alpha value is -2.63. The number of hydrogen-bond acceptors (Lipinski definition) is 3. The summed E-state index contributed by atoms with van der Waals surface area (Å²) in [6.07, 6.45) is 5.63. The summed E-state index contributed by atoms with van der Waals surface area (Å²) >= 11 is 0. The number of nitrogens with zero attached hydrogens (tertiary/aromatic N) is 4. The van der Waals surface area contributed by atoms with Crippen LogP contribution in [0.4, 0.5) is 5.82 Å². The van der Waals surface area contributed by atoms with Gasteiger partial charge in [0.2, 0.25) is 5.91 Å². The molecule has 0 aliphatic heterocycles. The van der Waals surface area contributed by atoms with E-state index in [1.807, 2.05) is 35.8 Å². The maximum atomic E-state index is 12.0. The maximum Gasteiger partial charge on any atom is 0.231 e. The molecule has 19 heavy (non-hydrogen) atoms. The van der Waals surface area contributed by atoms with Crippen molar-refractivity contribution in [3.63, 3.8) is 0 Å². The van der Waals surface area contributed by atoms with Gasteiger partial charge in [-0.25, -0.2) is 4.98 Å². The number of aryl methyl sites for hydroxylation is 1. The second-order valence-electron chi connectivity index (χ2n) is 4.27. The first-order valence-corrected chi connectivity index (χ1v) is 5.93. The summed E-state index contributed by atoms with van der Waals surface area (Å²) in [7, 11) is 1.81. The van der Waals surface area contributed by atoms with Crippen molar-refractivity contribution in [1.29, 1.82) is 0 Å². The number of pyridine rings is 1. The first-order chi connectivity index (χ1) is 9.22. The number of amides is 1. The molecule has 0 unspecified atom stereocenters. The smallest absolute Gasteiger partial charge is 0.231 e. The Kier molecular flexibility index (Phi) is 2.75. The molecule has 6 nitrogen and oxygen atoms in total. The first kappa shape index (κ1) is 11.5. The zero-order valence-electron chi connectivity index (χ0n) is 10.4. The molecule has 3 heterocycles. The number of anilines is 1. The lowest BCUT2D eigenvalue weighted by molar-refractivity contribution is -0.115. The minimum atomic E-state index is -0.0973. The van der Waals surface area contributed by atoms with Crippen LogP contribution in [0.2, 0.25) is 0 Å². The predicted octanol–water partition coefficient (Wildman–Crippen LogP) is 1.25. The molecule has 0 radical (unpaired) electrons. The van der Waals surface area contributed by atoms with Gasteiger partial charge in [-0.3, -0.25) is 9.48 Å². The molecule has 1 amide bonds. The lowest BCUT2D eigenvalue weighted by Gasteiger charge is -2.05. The summed E-state index contributed by atoms with van der Waals surface area (Å²) in [6, 6.07) is 7.47. The van der Waals surface area contributed by atoms with Gasteiger partial charge in [0.15, 0.2) is 5.82 Å². The van der Waals surface area contributed by atoms with Crippen LogP contribution in [0.3, 0.4) is 0 Å². The number of nitrogens with one attached hydrogen (secondary N) is 1. The molecule has 3 aromatic rings. The molecule has 0 aliphatic rings. The van der Waals surface area contributed by atoms with Crippen molar-refractivity contribution in [2.75, 3.05) is 5.32 Å². The molecule has 0 saturated heterocycles. The monoisotopic (exact) mass is 255 g/mol. The van der Waals surface area contributed by atoms with Crippen molar-refractivity contribution in [1.82, 2.24) is 19.2 Å². The van der Waals surface area contributed by atoms with E-state index in [2.05, 4.69) is 15.4 Å². The number of carbonyl (C=O) groups is 1. The maximum absolute atomic E-state index is 12.0. The highest BCUT2D eigenvalue weighted by molar-refractivity contribution is 5.91. The number of aromatic nitrogens is 4. The summed E-state index contributed by atoms with van der Waals surface area (Å²) in [5, 5.41) is 6.87. The van der Waals surface area contributed by atoms with E-state index in [-0.39, 0.29) is 12.3 Å². The van der Waals surface area contributed by atoms with Gasteiger partial charge in [0, 0.05) is 37.4 Å². The zero-order valence-corrected chi connectivity index (χ0v) is 10.4. The summed E-state index contributed by atoms with van der Waals surface area (Å²) in [5.74, 6) is 0.463. The van der Waals surface area contributed by atoms with Crippen LogP contribution >= 0.6 is 0 Å². The number of carbonyl (C=O) groups excluding carboxylic acids is 1. The molecule has 3 rings (SSSR count). The van der Waals surface area contributed by atoms with Gasteiger partial charge >= 0.3 is 0 Å². The fourth-order valence-corrected chi connectivity index (χ4v) is 1.98. The third kappa shape index (κ3) is 2.33. The molecular formula is C13H13N5O. The molecule has 0 atom stereocenters. The second kappa shape index (κ2) is 4.56. The van der Waals surface area contributed by atoms with Gasteiger partial charge < -0.3 is 9.72 Å². The van der Waals surface area contributed by atoms with E-state index < -0.39 is 0 Å². The van der Waals surface area contributed by atoms with Gasteiger partial charge in [-0.05, 0) is 12.1 Å². The molecular weight excluding hydrogens is 242 g/mol. The highest BCUT2D eigenvalue weighted by Gasteiger charge is 2.08. The van der Waals surface area contributed by atoms with Crippen molar-refractivity contribution in [2.45, 2.75) is 6.42 Å². The minimum Gasteiger partial charge on any atom is -0.309 e. The molecule has 6 heteroatoms. The third-order valence-corrected chi connectivity index (χ3v) is 2.84. The minimum absolute atomic E-state index is 0.0973. The van der Waals surface area contributed by atoms with Crippen LogP contribution in [0.25, 0.3) is 5.65 Å². The van der Waals surface area contributed by atoms with Gasteiger partial charge in [-0.1, -0.05) is 6.07 Å². The Bertz CT molecular complexity index is 727. The highest BCUT2D eigenvalue weighted by atomic mass is 16.1. The molecule has 96 valence electrons. The largest absolute Gasteiger partial charge is 0.309 e. The van der Waals surface area contributed by atoms with Crippen LogP contribution in [-0.2, 0) is 18.3 Å². The highest BCUT2D eigenvalue weighted by Crippen LogP contribution is 2.08. The van der Waals surface area contributed by atoms with Gasteiger partial charge in [-0.15, -0.1) is 0 Å². The Morgan fingerprint density at radius 1 is 1.32 bits per heavy atom. The number of imidazole rings is 1. The van der Waals surface area contributed by atoms with Crippen molar-refractivity contribution >= 4 is 17.4 Å². The third-order valence-electron chi connectivity index (χ3n) is 2.84. The Morgan fingerprint density at radius 2 is 2.21 bits per heavy atom. The van der Waals surface area contributed by atoms with E-state index in [0.717, 1.165) is 11.3 Å². The van der Waals surface area contributed by atoms with E-state index in [4.69, 9.17) is 0 Å². The quantitative estimate of drug-likeness (QED) is 0.766. The number of fused-ring (bicyclic) bond motifs is 1. The Balaban J connectivity index is 1.77. The molecule has 0 aliphatic carbocycles.